The molecule has 0 bridgehead atoms. The molecule has 0 amide bonds. The zero-order valence-electron chi connectivity index (χ0n) is 9.49. The van der Waals surface area contributed by atoms with E-state index >= 15 is 0 Å². The average Bonchev–Trinajstić information content (AvgIpc) is 2.66. The van der Waals surface area contributed by atoms with Crippen LogP contribution in [-0.4, -0.2) is 40.8 Å². The lowest BCUT2D eigenvalue weighted by Crippen LogP contribution is -2.29. The highest BCUT2D eigenvalue weighted by atomic mass is 35.5. The first-order chi connectivity index (χ1) is 8.37. The second-order valence-electron chi connectivity index (χ2n) is 3.60. The van der Waals surface area contributed by atoms with Crippen molar-refractivity contribution in [1.29, 1.82) is 5.26 Å². The number of fused-ring (bicyclic) bond motifs is 1. The fourth-order valence-electron chi connectivity index (χ4n) is 1.37. The summed E-state index contributed by atoms with van der Waals surface area (Å²) in [6, 6.07) is 3.18. The van der Waals surface area contributed by atoms with E-state index in [1.165, 1.54) is 26.4 Å². The number of imidazole rings is 1. The van der Waals surface area contributed by atoms with Gasteiger partial charge in [-0.2, -0.15) is 22.0 Å². The van der Waals surface area contributed by atoms with E-state index in [0.29, 0.717) is 5.02 Å². The van der Waals surface area contributed by atoms with Crippen LogP contribution >= 0.6 is 11.6 Å². The highest BCUT2D eigenvalue weighted by Crippen LogP contribution is 2.20. The number of halogens is 1. The van der Waals surface area contributed by atoms with E-state index in [9.17, 15) is 8.42 Å². The van der Waals surface area contributed by atoms with Crippen molar-refractivity contribution in [3.8, 4) is 6.07 Å². The van der Waals surface area contributed by atoms with Gasteiger partial charge in [0, 0.05) is 20.3 Å². The van der Waals surface area contributed by atoms with Crippen molar-refractivity contribution < 1.29 is 8.42 Å². The number of nitrogens with zero attached hydrogens (tertiary/aromatic N) is 5. The third-order valence-electron chi connectivity index (χ3n) is 2.22. The second kappa shape index (κ2) is 4.20. The summed E-state index contributed by atoms with van der Waals surface area (Å²) in [6.07, 6.45) is 1.30. The Morgan fingerprint density at radius 3 is 2.72 bits per heavy atom. The molecule has 0 radical (unpaired) electrons. The Labute approximate surface area is 108 Å². The van der Waals surface area contributed by atoms with Gasteiger partial charge in [0.25, 0.3) is 0 Å². The van der Waals surface area contributed by atoms with Crippen molar-refractivity contribution in [3.05, 3.63) is 23.1 Å². The summed E-state index contributed by atoms with van der Waals surface area (Å²) in [7, 11) is -1.14. The second-order valence-corrected chi connectivity index (χ2v) is 6.03. The van der Waals surface area contributed by atoms with Gasteiger partial charge in [-0.05, 0) is 6.07 Å². The normalized spacial score (nSPS) is 11.9. The summed E-state index contributed by atoms with van der Waals surface area (Å²) in [5.41, 5.74) is 0.328. The molecule has 0 aliphatic carbocycles. The largest absolute Gasteiger partial charge is 0.311 e. The van der Waals surface area contributed by atoms with Gasteiger partial charge in [-0.15, -0.1) is 0 Å². The molecule has 0 N–H and O–H groups in total. The molecule has 0 atom stereocenters. The number of rotatable bonds is 2. The summed E-state index contributed by atoms with van der Waals surface area (Å²) in [4.78, 5) is 7.80. The topological polar surface area (TPSA) is 91.9 Å². The minimum Gasteiger partial charge on any atom is -0.234 e. The van der Waals surface area contributed by atoms with E-state index in [1.807, 2.05) is 0 Å². The Balaban J connectivity index is 2.90. The average molecular weight is 286 g/mol. The van der Waals surface area contributed by atoms with Gasteiger partial charge in [0.2, 0.25) is 5.82 Å². The van der Waals surface area contributed by atoms with Crippen molar-refractivity contribution in [1.82, 2.24) is 18.2 Å². The molecule has 9 heteroatoms. The lowest BCUT2D eigenvalue weighted by atomic mass is 10.4. The predicted octanol–water partition coefficient (Wildman–Crippen LogP) is 0.611. The predicted molar refractivity (Wildman–Crippen MR) is 65.3 cm³/mol. The Morgan fingerprint density at radius 2 is 2.17 bits per heavy atom. The van der Waals surface area contributed by atoms with Crippen molar-refractivity contribution in [3.63, 3.8) is 0 Å². The minimum atomic E-state index is -3.86. The molecule has 94 valence electrons. The maximum absolute atomic E-state index is 12.1. The van der Waals surface area contributed by atoms with Crippen molar-refractivity contribution >= 4 is 33.0 Å². The van der Waals surface area contributed by atoms with E-state index in [2.05, 4.69) is 9.97 Å². The van der Waals surface area contributed by atoms with E-state index in [-0.39, 0.29) is 17.0 Å². The Bertz CT molecular complexity index is 759. The summed E-state index contributed by atoms with van der Waals surface area (Å²) in [5, 5.41) is 9.28. The fourth-order valence-corrected chi connectivity index (χ4v) is 2.51. The molecule has 0 unspecified atom stereocenters. The third kappa shape index (κ3) is 1.82. The van der Waals surface area contributed by atoms with Gasteiger partial charge in [-0.25, -0.2) is 9.97 Å². The lowest BCUT2D eigenvalue weighted by Gasteiger charge is -2.12. The number of pyridine rings is 1. The Morgan fingerprint density at radius 1 is 1.50 bits per heavy atom. The molecule has 0 saturated heterocycles. The quantitative estimate of drug-likeness (QED) is 0.806. The molecule has 2 heterocycles. The molecular weight excluding hydrogens is 278 g/mol. The van der Waals surface area contributed by atoms with Crippen LogP contribution in [0, 0.1) is 11.3 Å². The molecule has 2 aromatic heterocycles. The van der Waals surface area contributed by atoms with Crippen LogP contribution in [0.4, 0.5) is 0 Å². The van der Waals surface area contributed by atoms with Crippen LogP contribution in [0.15, 0.2) is 12.3 Å². The first-order valence-electron chi connectivity index (χ1n) is 4.75. The van der Waals surface area contributed by atoms with Gasteiger partial charge in [0.1, 0.15) is 11.6 Å². The van der Waals surface area contributed by atoms with Gasteiger partial charge in [-0.3, -0.25) is 0 Å². The summed E-state index contributed by atoms with van der Waals surface area (Å²) in [5.74, 6) is -0.256. The maximum Gasteiger partial charge on any atom is 0.311 e. The smallest absolute Gasteiger partial charge is 0.234 e. The van der Waals surface area contributed by atoms with Crippen molar-refractivity contribution in [2.75, 3.05) is 14.1 Å². The highest BCUT2D eigenvalue weighted by molar-refractivity contribution is 7.87. The number of nitriles is 1. The van der Waals surface area contributed by atoms with Crippen LogP contribution in [0.5, 0.6) is 0 Å². The van der Waals surface area contributed by atoms with Crippen LogP contribution < -0.4 is 0 Å². The van der Waals surface area contributed by atoms with Crippen LogP contribution in [-0.2, 0) is 10.2 Å². The van der Waals surface area contributed by atoms with Gasteiger partial charge in [0.15, 0.2) is 5.65 Å². The fraction of sp³-hybridized carbons (Fsp3) is 0.222. The van der Waals surface area contributed by atoms with Crippen molar-refractivity contribution in [2.24, 2.45) is 0 Å². The zero-order valence-corrected chi connectivity index (χ0v) is 11.1. The SMILES string of the molecule is CN(C)S(=O)(=O)n1c(C#N)nc2cc(Cl)cnc21. The van der Waals surface area contributed by atoms with E-state index in [0.717, 1.165) is 8.28 Å². The molecule has 0 spiro atoms. The van der Waals surface area contributed by atoms with Gasteiger partial charge in [-0.1, -0.05) is 11.6 Å². The van der Waals surface area contributed by atoms with Gasteiger partial charge < -0.3 is 0 Å². The first kappa shape index (κ1) is 12.8. The molecule has 0 fully saturated rings. The monoisotopic (exact) mass is 285 g/mol. The van der Waals surface area contributed by atoms with E-state index in [1.54, 1.807) is 6.07 Å². The Kier molecular flexibility index (Phi) is 2.98. The molecule has 18 heavy (non-hydrogen) atoms. The molecule has 0 aliphatic heterocycles. The first-order valence-corrected chi connectivity index (χ1v) is 6.52. The molecule has 2 aromatic rings. The van der Waals surface area contributed by atoms with E-state index in [4.69, 9.17) is 16.9 Å². The van der Waals surface area contributed by atoms with Crippen molar-refractivity contribution in [2.45, 2.75) is 0 Å². The third-order valence-corrected chi connectivity index (χ3v) is 4.15. The summed E-state index contributed by atoms with van der Waals surface area (Å²) >= 11 is 5.75. The van der Waals surface area contributed by atoms with Crippen LogP contribution in [0.3, 0.4) is 0 Å². The lowest BCUT2D eigenvalue weighted by molar-refractivity contribution is 0.511. The van der Waals surface area contributed by atoms with Crippen LogP contribution in [0.25, 0.3) is 11.2 Å². The molecule has 7 nitrogen and oxygen atoms in total. The minimum absolute atomic E-state index is 0.0738. The highest BCUT2D eigenvalue weighted by Gasteiger charge is 2.25. The summed E-state index contributed by atoms with van der Waals surface area (Å²) < 4.78 is 26.0. The van der Waals surface area contributed by atoms with Crippen LogP contribution in [0.1, 0.15) is 5.82 Å². The van der Waals surface area contributed by atoms with Crippen LogP contribution in [0.2, 0.25) is 5.02 Å². The maximum atomic E-state index is 12.1. The standard InChI is InChI=1S/C9H8ClN5O2S/c1-14(2)18(16,17)15-8(4-11)13-7-3-6(10)5-12-9(7)15/h3,5H,1-2H3. The molecule has 2 rings (SSSR count). The zero-order chi connectivity index (χ0) is 13.5. The van der Waals surface area contributed by atoms with Gasteiger partial charge >= 0.3 is 10.2 Å². The van der Waals surface area contributed by atoms with Gasteiger partial charge in [0.05, 0.1) is 5.02 Å². The summed E-state index contributed by atoms with van der Waals surface area (Å²) in [6.45, 7) is 0. The number of aromatic nitrogens is 3. The molecule has 0 saturated carbocycles. The molecular formula is C9H8ClN5O2S. The number of hydrogen-bond donors (Lipinski definition) is 0. The number of hydrogen-bond acceptors (Lipinski definition) is 5. The van der Waals surface area contributed by atoms with E-state index < -0.39 is 10.2 Å². The molecule has 0 aliphatic rings. The Hall–Kier alpha value is -1.69. The molecule has 0 aromatic carbocycles.